The van der Waals surface area contributed by atoms with Crippen LogP contribution < -0.4 is 10.6 Å². The number of nitrogens with zero attached hydrogens (tertiary/aromatic N) is 2. The number of furan rings is 1. The van der Waals surface area contributed by atoms with Crippen LogP contribution in [0.2, 0.25) is 0 Å². The quantitative estimate of drug-likeness (QED) is 0.329. The zero-order valence-corrected chi connectivity index (χ0v) is 17.1. The largest absolute Gasteiger partial charge is 0.465 e. The monoisotopic (exact) mass is 380 g/mol. The van der Waals surface area contributed by atoms with Crippen molar-refractivity contribution in [2.24, 2.45) is 4.99 Å². The third-order valence-electron chi connectivity index (χ3n) is 4.63. The standard InChI is InChI=1S/C20H36N4O3/c1-4-21-20(22-10-7-13-26-15-14-25-3)23-16-18(24-11-5-6-12-24)19-9-8-17(2)27-19/h8-9,18H,4-7,10-16H2,1-3H3,(H2,21,22,23). The number of ether oxygens (including phenoxy) is 2. The van der Waals surface area contributed by atoms with Gasteiger partial charge in [0.15, 0.2) is 5.96 Å². The van der Waals surface area contributed by atoms with Gasteiger partial charge in [-0.15, -0.1) is 0 Å². The molecule has 0 aliphatic carbocycles. The first-order valence-corrected chi connectivity index (χ1v) is 10.1. The van der Waals surface area contributed by atoms with E-state index in [1.54, 1.807) is 7.11 Å². The van der Waals surface area contributed by atoms with Gasteiger partial charge in [0.2, 0.25) is 0 Å². The molecule has 2 N–H and O–H groups in total. The van der Waals surface area contributed by atoms with Gasteiger partial charge < -0.3 is 24.5 Å². The van der Waals surface area contributed by atoms with Crippen LogP contribution in [-0.4, -0.2) is 70.5 Å². The number of methoxy groups -OCH3 is 1. The van der Waals surface area contributed by atoms with Gasteiger partial charge in [0.05, 0.1) is 25.8 Å². The fourth-order valence-corrected chi connectivity index (χ4v) is 3.22. The van der Waals surface area contributed by atoms with Crippen molar-refractivity contribution in [2.45, 2.75) is 39.2 Å². The van der Waals surface area contributed by atoms with Crippen LogP contribution in [0.25, 0.3) is 0 Å². The molecule has 154 valence electrons. The highest BCUT2D eigenvalue weighted by Crippen LogP contribution is 2.26. The van der Waals surface area contributed by atoms with Crippen molar-refractivity contribution in [3.05, 3.63) is 23.7 Å². The van der Waals surface area contributed by atoms with Crippen LogP contribution in [0.3, 0.4) is 0 Å². The Morgan fingerprint density at radius 3 is 2.70 bits per heavy atom. The predicted molar refractivity (Wildman–Crippen MR) is 108 cm³/mol. The van der Waals surface area contributed by atoms with Gasteiger partial charge in [-0.25, -0.2) is 0 Å². The van der Waals surface area contributed by atoms with Crippen LogP contribution in [0, 0.1) is 6.92 Å². The Morgan fingerprint density at radius 1 is 1.22 bits per heavy atom. The maximum Gasteiger partial charge on any atom is 0.191 e. The molecule has 1 unspecified atom stereocenters. The van der Waals surface area contributed by atoms with E-state index in [1.807, 2.05) is 13.0 Å². The lowest BCUT2D eigenvalue weighted by atomic mass is 10.2. The van der Waals surface area contributed by atoms with E-state index in [4.69, 9.17) is 18.9 Å². The van der Waals surface area contributed by atoms with E-state index in [0.29, 0.717) is 19.8 Å². The average molecular weight is 381 g/mol. The van der Waals surface area contributed by atoms with Gasteiger partial charge in [-0.3, -0.25) is 9.89 Å². The minimum Gasteiger partial charge on any atom is -0.465 e. The van der Waals surface area contributed by atoms with Crippen LogP contribution in [0.1, 0.15) is 43.7 Å². The summed E-state index contributed by atoms with van der Waals surface area (Å²) in [5, 5.41) is 6.72. The maximum atomic E-state index is 5.92. The second-order valence-electron chi connectivity index (χ2n) is 6.81. The van der Waals surface area contributed by atoms with Crippen LogP contribution in [0.4, 0.5) is 0 Å². The molecule has 1 fully saturated rings. The molecule has 2 heterocycles. The maximum absolute atomic E-state index is 5.92. The van der Waals surface area contributed by atoms with E-state index in [1.165, 1.54) is 12.8 Å². The smallest absolute Gasteiger partial charge is 0.191 e. The van der Waals surface area contributed by atoms with Crippen molar-refractivity contribution >= 4 is 5.96 Å². The van der Waals surface area contributed by atoms with Crippen molar-refractivity contribution in [3.63, 3.8) is 0 Å². The molecule has 1 saturated heterocycles. The lowest BCUT2D eigenvalue weighted by Crippen LogP contribution is -2.39. The second-order valence-corrected chi connectivity index (χ2v) is 6.81. The molecule has 27 heavy (non-hydrogen) atoms. The Balaban J connectivity index is 1.85. The Hall–Kier alpha value is -1.57. The van der Waals surface area contributed by atoms with Crippen LogP contribution in [0.15, 0.2) is 21.5 Å². The molecule has 0 saturated carbocycles. The molecular weight excluding hydrogens is 344 g/mol. The first kappa shape index (κ1) is 21.7. The number of guanidine groups is 1. The van der Waals surface area contributed by atoms with E-state index in [-0.39, 0.29) is 6.04 Å². The molecule has 7 heteroatoms. The van der Waals surface area contributed by atoms with E-state index >= 15 is 0 Å². The Morgan fingerprint density at radius 2 is 2.04 bits per heavy atom. The topological polar surface area (TPSA) is 71.3 Å². The molecule has 0 spiro atoms. The molecule has 0 amide bonds. The summed E-state index contributed by atoms with van der Waals surface area (Å²) in [5.74, 6) is 2.82. The molecule has 2 rings (SSSR count). The highest BCUT2D eigenvalue weighted by molar-refractivity contribution is 5.79. The fourth-order valence-electron chi connectivity index (χ4n) is 3.22. The van der Waals surface area contributed by atoms with E-state index in [0.717, 1.165) is 56.7 Å². The first-order valence-electron chi connectivity index (χ1n) is 10.1. The Labute approximate surface area is 163 Å². The lowest BCUT2D eigenvalue weighted by Gasteiger charge is -2.24. The predicted octanol–water partition coefficient (Wildman–Crippen LogP) is 2.33. The van der Waals surface area contributed by atoms with Crippen LogP contribution in [-0.2, 0) is 9.47 Å². The lowest BCUT2D eigenvalue weighted by molar-refractivity contribution is 0.0698. The molecule has 0 bridgehead atoms. The van der Waals surface area contributed by atoms with Crippen molar-refractivity contribution in [1.29, 1.82) is 0 Å². The summed E-state index contributed by atoms with van der Waals surface area (Å²) >= 11 is 0. The van der Waals surface area contributed by atoms with E-state index in [9.17, 15) is 0 Å². The fraction of sp³-hybridized carbons (Fsp3) is 0.750. The number of hydrogen-bond donors (Lipinski definition) is 2. The number of rotatable bonds is 12. The summed E-state index contributed by atoms with van der Waals surface area (Å²) in [4.78, 5) is 7.30. The van der Waals surface area contributed by atoms with Crippen molar-refractivity contribution in [3.8, 4) is 0 Å². The van der Waals surface area contributed by atoms with Gasteiger partial charge in [-0.1, -0.05) is 0 Å². The van der Waals surface area contributed by atoms with Gasteiger partial charge in [0.25, 0.3) is 0 Å². The summed E-state index contributed by atoms with van der Waals surface area (Å²) in [7, 11) is 1.68. The number of likely N-dealkylation sites (tertiary alicyclic amines) is 1. The van der Waals surface area contributed by atoms with E-state index < -0.39 is 0 Å². The number of aliphatic imine (C=N–C) groups is 1. The summed E-state index contributed by atoms with van der Waals surface area (Å²) in [6.45, 7) is 10.7. The van der Waals surface area contributed by atoms with Crippen molar-refractivity contribution in [2.75, 3.05) is 59.7 Å². The molecule has 1 aliphatic heterocycles. The molecule has 7 nitrogen and oxygen atoms in total. The van der Waals surface area contributed by atoms with Crippen LogP contribution in [0.5, 0.6) is 0 Å². The minimum atomic E-state index is 0.203. The highest BCUT2D eigenvalue weighted by atomic mass is 16.5. The summed E-state index contributed by atoms with van der Waals surface area (Å²) in [6.07, 6.45) is 3.43. The van der Waals surface area contributed by atoms with Crippen LogP contribution >= 0.6 is 0 Å². The summed E-state index contributed by atoms with van der Waals surface area (Å²) in [6, 6.07) is 4.33. The SMILES string of the molecule is CCNC(=NCC(c1ccc(C)o1)N1CCCC1)NCCCOCCOC. The van der Waals surface area contributed by atoms with Gasteiger partial charge in [0, 0.05) is 26.8 Å². The van der Waals surface area contributed by atoms with Gasteiger partial charge in [-0.05, 0) is 58.3 Å². The zero-order valence-electron chi connectivity index (χ0n) is 17.1. The first-order chi connectivity index (χ1) is 13.2. The molecule has 1 aliphatic rings. The van der Waals surface area contributed by atoms with Crippen molar-refractivity contribution in [1.82, 2.24) is 15.5 Å². The Bertz CT molecular complexity index is 541. The Kier molecular flexibility index (Phi) is 10.3. The second kappa shape index (κ2) is 12.8. The van der Waals surface area contributed by atoms with Gasteiger partial charge >= 0.3 is 0 Å². The zero-order chi connectivity index (χ0) is 19.3. The highest BCUT2D eigenvalue weighted by Gasteiger charge is 2.25. The average Bonchev–Trinajstić information content (AvgIpc) is 3.33. The summed E-state index contributed by atoms with van der Waals surface area (Å²) in [5.41, 5.74) is 0. The van der Waals surface area contributed by atoms with Crippen molar-refractivity contribution < 1.29 is 13.9 Å². The molecule has 1 aromatic heterocycles. The number of aryl methyl sites for hydroxylation is 1. The van der Waals surface area contributed by atoms with Gasteiger partial charge in [0.1, 0.15) is 11.5 Å². The molecular formula is C20H36N4O3. The normalized spacial score (nSPS) is 16.6. The van der Waals surface area contributed by atoms with E-state index in [2.05, 4.69) is 28.5 Å². The minimum absolute atomic E-state index is 0.203. The summed E-state index contributed by atoms with van der Waals surface area (Å²) < 4.78 is 16.4. The molecule has 1 atom stereocenters. The third kappa shape index (κ3) is 7.91. The molecule has 1 aromatic rings. The molecule has 0 aromatic carbocycles. The number of nitrogens with one attached hydrogen (secondary N) is 2. The molecule has 0 radical (unpaired) electrons. The third-order valence-corrected chi connectivity index (χ3v) is 4.63. The number of hydrogen-bond acceptors (Lipinski definition) is 5. The van der Waals surface area contributed by atoms with Gasteiger partial charge in [-0.2, -0.15) is 0 Å².